The van der Waals surface area contributed by atoms with Crippen LogP contribution in [-0.2, 0) is 16.0 Å². The molecule has 86 valence electrons. The Morgan fingerprint density at radius 3 is 2.94 bits per heavy atom. The van der Waals surface area contributed by atoms with Crippen LogP contribution in [0, 0.1) is 5.92 Å². The number of rotatable bonds is 3. The van der Waals surface area contributed by atoms with Crippen molar-refractivity contribution < 1.29 is 9.53 Å². The summed E-state index contributed by atoms with van der Waals surface area (Å²) < 4.78 is 5.68. The minimum atomic E-state index is -0.257. The lowest BCUT2D eigenvalue weighted by molar-refractivity contribution is -0.128. The molecule has 0 aliphatic heterocycles. The van der Waals surface area contributed by atoms with E-state index in [1.165, 1.54) is 5.56 Å². The molecular formula is C13H17NO2. The topological polar surface area (TPSA) is 52.3 Å². The SMILES string of the molecule is CCOC1c2ccccc2CCC1C(N)=O. The van der Waals surface area contributed by atoms with Crippen molar-refractivity contribution in [1.29, 1.82) is 0 Å². The predicted molar refractivity (Wildman–Crippen MR) is 61.8 cm³/mol. The van der Waals surface area contributed by atoms with Crippen molar-refractivity contribution in [1.82, 2.24) is 0 Å². The number of ether oxygens (including phenoxy) is 1. The largest absolute Gasteiger partial charge is 0.373 e. The van der Waals surface area contributed by atoms with Gasteiger partial charge in [-0.05, 0) is 30.9 Å². The molecule has 0 saturated heterocycles. The second-order valence-corrected chi connectivity index (χ2v) is 4.12. The molecule has 3 nitrogen and oxygen atoms in total. The van der Waals surface area contributed by atoms with Crippen LogP contribution in [-0.4, -0.2) is 12.5 Å². The maximum absolute atomic E-state index is 11.4. The maximum Gasteiger partial charge on any atom is 0.223 e. The second-order valence-electron chi connectivity index (χ2n) is 4.12. The van der Waals surface area contributed by atoms with E-state index in [-0.39, 0.29) is 17.9 Å². The van der Waals surface area contributed by atoms with Gasteiger partial charge in [0, 0.05) is 6.61 Å². The van der Waals surface area contributed by atoms with Gasteiger partial charge in [-0.3, -0.25) is 4.79 Å². The first kappa shape index (κ1) is 11.1. The summed E-state index contributed by atoms with van der Waals surface area (Å²) in [6.07, 6.45) is 1.54. The van der Waals surface area contributed by atoms with Crippen LogP contribution in [0.3, 0.4) is 0 Å². The highest BCUT2D eigenvalue weighted by Gasteiger charge is 2.33. The first-order chi connectivity index (χ1) is 7.74. The minimum Gasteiger partial charge on any atom is -0.373 e. The Kier molecular flexibility index (Phi) is 3.25. The number of hydrogen-bond acceptors (Lipinski definition) is 2. The first-order valence-electron chi connectivity index (χ1n) is 5.72. The van der Waals surface area contributed by atoms with Crippen molar-refractivity contribution in [2.45, 2.75) is 25.9 Å². The van der Waals surface area contributed by atoms with Crippen LogP contribution in [0.2, 0.25) is 0 Å². The number of primary amides is 1. The highest BCUT2D eigenvalue weighted by atomic mass is 16.5. The van der Waals surface area contributed by atoms with Crippen LogP contribution in [0.4, 0.5) is 0 Å². The van der Waals surface area contributed by atoms with Crippen molar-refractivity contribution in [2.24, 2.45) is 11.7 Å². The Morgan fingerprint density at radius 2 is 2.25 bits per heavy atom. The molecule has 2 rings (SSSR count). The molecule has 0 bridgehead atoms. The Hall–Kier alpha value is -1.35. The van der Waals surface area contributed by atoms with Gasteiger partial charge >= 0.3 is 0 Å². The van der Waals surface area contributed by atoms with Gasteiger partial charge < -0.3 is 10.5 Å². The zero-order chi connectivity index (χ0) is 11.5. The molecule has 1 aliphatic carbocycles. The molecule has 2 unspecified atom stereocenters. The fourth-order valence-electron chi connectivity index (χ4n) is 2.40. The molecule has 3 heteroatoms. The van der Waals surface area contributed by atoms with Crippen molar-refractivity contribution in [2.75, 3.05) is 6.61 Å². The molecule has 0 radical (unpaired) electrons. The average Bonchev–Trinajstić information content (AvgIpc) is 2.29. The summed E-state index contributed by atoms with van der Waals surface area (Å²) in [5.74, 6) is -0.442. The van der Waals surface area contributed by atoms with E-state index in [1.807, 2.05) is 25.1 Å². The number of fused-ring (bicyclic) bond motifs is 1. The molecule has 1 aliphatic rings. The van der Waals surface area contributed by atoms with Crippen molar-refractivity contribution >= 4 is 5.91 Å². The van der Waals surface area contributed by atoms with Gasteiger partial charge in [0.15, 0.2) is 0 Å². The van der Waals surface area contributed by atoms with E-state index in [0.717, 1.165) is 18.4 Å². The zero-order valence-corrected chi connectivity index (χ0v) is 9.48. The lowest BCUT2D eigenvalue weighted by Gasteiger charge is -2.31. The van der Waals surface area contributed by atoms with Crippen LogP contribution in [0.1, 0.15) is 30.6 Å². The molecule has 1 amide bonds. The highest BCUT2D eigenvalue weighted by Crippen LogP contribution is 2.36. The van der Waals surface area contributed by atoms with Gasteiger partial charge in [0.25, 0.3) is 0 Å². The van der Waals surface area contributed by atoms with Crippen LogP contribution in [0.15, 0.2) is 24.3 Å². The van der Waals surface area contributed by atoms with Crippen LogP contribution < -0.4 is 5.73 Å². The van der Waals surface area contributed by atoms with Gasteiger partial charge in [0.05, 0.1) is 12.0 Å². The number of amides is 1. The molecule has 16 heavy (non-hydrogen) atoms. The third-order valence-electron chi connectivity index (χ3n) is 3.16. The summed E-state index contributed by atoms with van der Waals surface area (Å²) in [4.78, 5) is 11.4. The molecule has 0 fully saturated rings. The maximum atomic E-state index is 11.4. The lowest BCUT2D eigenvalue weighted by Crippen LogP contribution is -2.33. The number of benzene rings is 1. The Morgan fingerprint density at radius 1 is 1.50 bits per heavy atom. The van der Waals surface area contributed by atoms with Gasteiger partial charge in [-0.1, -0.05) is 24.3 Å². The van der Waals surface area contributed by atoms with Crippen LogP contribution in [0.25, 0.3) is 0 Å². The van der Waals surface area contributed by atoms with E-state index in [1.54, 1.807) is 0 Å². The zero-order valence-electron chi connectivity index (χ0n) is 9.48. The van der Waals surface area contributed by atoms with E-state index in [2.05, 4.69) is 6.07 Å². The smallest absolute Gasteiger partial charge is 0.223 e. The molecule has 1 aromatic rings. The summed E-state index contributed by atoms with van der Waals surface area (Å²) in [5, 5.41) is 0. The van der Waals surface area contributed by atoms with Gasteiger partial charge in [-0.15, -0.1) is 0 Å². The Bertz CT molecular complexity index is 389. The van der Waals surface area contributed by atoms with Gasteiger partial charge in [0.1, 0.15) is 0 Å². The summed E-state index contributed by atoms with van der Waals surface area (Å²) in [6, 6.07) is 8.13. The quantitative estimate of drug-likeness (QED) is 0.843. The summed E-state index contributed by atoms with van der Waals surface area (Å²) in [7, 11) is 0. The Balaban J connectivity index is 2.35. The lowest BCUT2D eigenvalue weighted by atomic mass is 9.81. The highest BCUT2D eigenvalue weighted by molar-refractivity contribution is 5.78. The number of aryl methyl sites for hydroxylation is 1. The summed E-state index contributed by atoms with van der Waals surface area (Å²) in [6.45, 7) is 2.54. The number of nitrogens with two attached hydrogens (primary N) is 1. The van der Waals surface area contributed by atoms with Crippen molar-refractivity contribution in [3.8, 4) is 0 Å². The molecule has 0 saturated carbocycles. The molecule has 0 spiro atoms. The van der Waals surface area contributed by atoms with Crippen molar-refractivity contribution in [3.05, 3.63) is 35.4 Å². The van der Waals surface area contributed by atoms with E-state index in [0.29, 0.717) is 6.61 Å². The third kappa shape index (κ3) is 1.95. The normalized spacial score (nSPS) is 23.8. The fraction of sp³-hybridized carbons (Fsp3) is 0.462. The molecule has 2 atom stereocenters. The summed E-state index contributed by atoms with van der Waals surface area (Å²) in [5.41, 5.74) is 7.83. The standard InChI is InChI=1S/C13H17NO2/c1-2-16-12-10-6-4-3-5-9(10)7-8-11(12)13(14)15/h3-6,11-12H,2,7-8H2,1H3,(H2,14,15). The summed E-state index contributed by atoms with van der Waals surface area (Å²) >= 11 is 0. The molecule has 0 aromatic heterocycles. The van der Waals surface area contributed by atoms with E-state index >= 15 is 0 Å². The second kappa shape index (κ2) is 4.66. The van der Waals surface area contributed by atoms with Gasteiger partial charge in [-0.25, -0.2) is 0 Å². The molecule has 2 N–H and O–H groups in total. The van der Waals surface area contributed by atoms with Gasteiger partial charge in [0.2, 0.25) is 5.91 Å². The molecular weight excluding hydrogens is 202 g/mol. The van der Waals surface area contributed by atoms with E-state index in [9.17, 15) is 4.79 Å². The third-order valence-corrected chi connectivity index (χ3v) is 3.16. The minimum absolute atomic E-state index is 0.160. The Labute approximate surface area is 95.6 Å². The number of carbonyl (C=O) groups is 1. The van der Waals surface area contributed by atoms with E-state index < -0.39 is 0 Å². The fourth-order valence-corrected chi connectivity index (χ4v) is 2.40. The van der Waals surface area contributed by atoms with Gasteiger partial charge in [-0.2, -0.15) is 0 Å². The number of hydrogen-bond donors (Lipinski definition) is 1. The van der Waals surface area contributed by atoms with Crippen LogP contribution in [0.5, 0.6) is 0 Å². The molecule has 1 aromatic carbocycles. The first-order valence-corrected chi connectivity index (χ1v) is 5.72. The molecule has 0 heterocycles. The predicted octanol–water partition coefficient (Wildman–Crippen LogP) is 1.81. The monoisotopic (exact) mass is 219 g/mol. The van der Waals surface area contributed by atoms with E-state index in [4.69, 9.17) is 10.5 Å². The van der Waals surface area contributed by atoms with Crippen molar-refractivity contribution in [3.63, 3.8) is 0 Å². The average molecular weight is 219 g/mol. The number of carbonyl (C=O) groups excluding carboxylic acids is 1. The van der Waals surface area contributed by atoms with Crippen LogP contribution >= 0.6 is 0 Å².